The smallest absolute Gasteiger partial charge is 0.261 e. The maximum absolute atomic E-state index is 12.3. The number of hydrogen-bond donors (Lipinski definition) is 2. The summed E-state index contributed by atoms with van der Waals surface area (Å²) < 4.78 is 1.50. The van der Waals surface area contributed by atoms with Crippen molar-refractivity contribution in [3.8, 4) is 0 Å². The molecule has 1 aromatic carbocycles. The van der Waals surface area contributed by atoms with Crippen molar-refractivity contribution in [1.29, 1.82) is 0 Å². The van der Waals surface area contributed by atoms with Gasteiger partial charge in [0.15, 0.2) is 0 Å². The lowest BCUT2D eigenvalue weighted by Gasteiger charge is -2.26. The summed E-state index contributed by atoms with van der Waals surface area (Å²) in [5, 5.41) is 3.62. The molecule has 0 saturated heterocycles. The molecule has 3 N–H and O–H groups in total. The number of aryl methyl sites for hydroxylation is 1. The number of benzene rings is 1. The Morgan fingerprint density at radius 3 is 2.78 bits per heavy atom. The highest BCUT2D eigenvalue weighted by Gasteiger charge is 2.19. The number of nitrogens with one attached hydrogen (secondary N) is 1. The summed E-state index contributed by atoms with van der Waals surface area (Å²) in [5.41, 5.74) is 6.44. The SMILES string of the molecule is NC1CCC(NC(=O)CCn2cnc3ccccc3c2=O)CC1. The van der Waals surface area contributed by atoms with Crippen LogP contribution in [0, 0.1) is 0 Å². The highest BCUT2D eigenvalue weighted by atomic mass is 16.2. The number of aromatic nitrogens is 2. The number of para-hydroxylation sites is 1. The molecular weight excluding hydrogens is 292 g/mol. The molecule has 122 valence electrons. The van der Waals surface area contributed by atoms with Crippen LogP contribution in [0.1, 0.15) is 32.1 Å². The molecule has 0 aliphatic heterocycles. The number of hydrogen-bond acceptors (Lipinski definition) is 4. The largest absolute Gasteiger partial charge is 0.353 e. The third-order valence-electron chi connectivity index (χ3n) is 4.45. The molecule has 0 bridgehead atoms. The average Bonchev–Trinajstić information content (AvgIpc) is 2.57. The highest BCUT2D eigenvalue weighted by Crippen LogP contribution is 2.16. The van der Waals surface area contributed by atoms with Crippen molar-refractivity contribution in [3.05, 3.63) is 40.9 Å². The van der Waals surface area contributed by atoms with Gasteiger partial charge >= 0.3 is 0 Å². The molecule has 6 heteroatoms. The van der Waals surface area contributed by atoms with Crippen LogP contribution in [-0.4, -0.2) is 27.5 Å². The molecule has 1 aliphatic carbocycles. The van der Waals surface area contributed by atoms with Gasteiger partial charge in [0.25, 0.3) is 5.56 Å². The molecule has 0 unspecified atom stereocenters. The van der Waals surface area contributed by atoms with Crippen LogP contribution in [0.15, 0.2) is 35.4 Å². The van der Waals surface area contributed by atoms with Crippen molar-refractivity contribution in [3.63, 3.8) is 0 Å². The quantitative estimate of drug-likeness (QED) is 0.886. The van der Waals surface area contributed by atoms with Gasteiger partial charge in [-0.1, -0.05) is 12.1 Å². The molecule has 1 fully saturated rings. The maximum atomic E-state index is 12.3. The van der Waals surface area contributed by atoms with Crippen molar-refractivity contribution in [2.24, 2.45) is 5.73 Å². The normalized spacial score (nSPS) is 21.3. The van der Waals surface area contributed by atoms with Crippen molar-refractivity contribution in [1.82, 2.24) is 14.9 Å². The Labute approximate surface area is 134 Å². The first kappa shape index (κ1) is 15.7. The van der Waals surface area contributed by atoms with Gasteiger partial charge in [0.05, 0.1) is 17.2 Å². The Kier molecular flexibility index (Phi) is 4.71. The van der Waals surface area contributed by atoms with E-state index in [0.29, 0.717) is 17.4 Å². The Morgan fingerprint density at radius 1 is 1.26 bits per heavy atom. The maximum Gasteiger partial charge on any atom is 0.261 e. The Morgan fingerprint density at radius 2 is 2.00 bits per heavy atom. The second-order valence-corrected chi connectivity index (χ2v) is 6.19. The molecule has 0 spiro atoms. The monoisotopic (exact) mass is 314 g/mol. The molecule has 23 heavy (non-hydrogen) atoms. The fourth-order valence-electron chi connectivity index (χ4n) is 3.05. The van der Waals surface area contributed by atoms with E-state index in [0.717, 1.165) is 25.7 Å². The van der Waals surface area contributed by atoms with Gasteiger partial charge in [-0.15, -0.1) is 0 Å². The predicted octanol–water partition coefficient (Wildman–Crippen LogP) is 1.17. The van der Waals surface area contributed by atoms with E-state index in [1.807, 2.05) is 18.2 Å². The molecule has 0 atom stereocenters. The second kappa shape index (κ2) is 6.91. The first-order chi connectivity index (χ1) is 11.1. The summed E-state index contributed by atoms with van der Waals surface area (Å²) in [6.07, 6.45) is 5.58. The van der Waals surface area contributed by atoms with Crippen LogP contribution in [0.5, 0.6) is 0 Å². The van der Waals surface area contributed by atoms with E-state index in [1.54, 1.807) is 6.07 Å². The van der Waals surface area contributed by atoms with E-state index >= 15 is 0 Å². The molecule has 1 amide bonds. The average molecular weight is 314 g/mol. The summed E-state index contributed by atoms with van der Waals surface area (Å²) in [6, 6.07) is 7.71. The molecule has 3 rings (SSSR count). The lowest BCUT2D eigenvalue weighted by atomic mass is 9.92. The predicted molar refractivity (Wildman–Crippen MR) is 89.0 cm³/mol. The minimum Gasteiger partial charge on any atom is -0.353 e. The zero-order chi connectivity index (χ0) is 16.2. The van der Waals surface area contributed by atoms with Gasteiger partial charge < -0.3 is 11.1 Å². The van der Waals surface area contributed by atoms with E-state index in [2.05, 4.69) is 10.3 Å². The number of nitrogens with zero attached hydrogens (tertiary/aromatic N) is 2. The van der Waals surface area contributed by atoms with Crippen LogP contribution in [0.2, 0.25) is 0 Å². The van der Waals surface area contributed by atoms with Crippen LogP contribution >= 0.6 is 0 Å². The van der Waals surface area contributed by atoms with Gasteiger partial charge in [-0.3, -0.25) is 14.2 Å². The van der Waals surface area contributed by atoms with Crippen molar-refractivity contribution >= 4 is 16.8 Å². The molecule has 1 aliphatic rings. The van der Waals surface area contributed by atoms with E-state index in [1.165, 1.54) is 10.9 Å². The van der Waals surface area contributed by atoms with Crippen molar-refractivity contribution in [2.45, 2.75) is 50.7 Å². The Hall–Kier alpha value is -2.21. The minimum absolute atomic E-state index is 0.0227. The number of rotatable bonds is 4. The van der Waals surface area contributed by atoms with Gasteiger partial charge in [-0.05, 0) is 37.8 Å². The number of nitrogens with two attached hydrogens (primary N) is 1. The molecule has 0 radical (unpaired) electrons. The summed E-state index contributed by atoms with van der Waals surface area (Å²) in [4.78, 5) is 28.7. The van der Waals surface area contributed by atoms with Gasteiger partial charge in [0.2, 0.25) is 5.91 Å². The Balaban J connectivity index is 1.59. The van der Waals surface area contributed by atoms with Gasteiger partial charge in [-0.25, -0.2) is 4.98 Å². The number of amides is 1. The fourth-order valence-corrected chi connectivity index (χ4v) is 3.05. The second-order valence-electron chi connectivity index (χ2n) is 6.19. The summed E-state index contributed by atoms with van der Waals surface area (Å²) in [5.74, 6) is -0.0227. The van der Waals surface area contributed by atoms with Crippen molar-refractivity contribution < 1.29 is 4.79 Å². The standard InChI is InChI=1S/C17H22N4O2/c18-12-5-7-13(8-6-12)20-16(22)9-10-21-11-19-15-4-2-1-3-14(15)17(21)23/h1-4,11-13H,5-10,18H2,(H,20,22). The number of carbonyl (C=O) groups is 1. The van der Waals surface area contributed by atoms with Gasteiger partial charge in [0.1, 0.15) is 0 Å². The molecule has 2 aromatic rings. The van der Waals surface area contributed by atoms with Gasteiger partial charge in [-0.2, -0.15) is 0 Å². The highest BCUT2D eigenvalue weighted by molar-refractivity contribution is 5.77. The number of fused-ring (bicyclic) bond motifs is 1. The minimum atomic E-state index is -0.105. The van der Waals surface area contributed by atoms with Crippen LogP contribution in [-0.2, 0) is 11.3 Å². The molecule has 6 nitrogen and oxygen atoms in total. The third kappa shape index (κ3) is 3.76. The zero-order valence-corrected chi connectivity index (χ0v) is 13.1. The fraction of sp³-hybridized carbons (Fsp3) is 0.471. The van der Waals surface area contributed by atoms with Crippen LogP contribution in [0.3, 0.4) is 0 Å². The lowest BCUT2D eigenvalue weighted by Crippen LogP contribution is -2.40. The lowest BCUT2D eigenvalue weighted by molar-refractivity contribution is -0.122. The summed E-state index contributed by atoms with van der Waals surface area (Å²) in [7, 11) is 0. The molecule has 1 saturated carbocycles. The van der Waals surface area contributed by atoms with Crippen LogP contribution in [0.4, 0.5) is 0 Å². The molecule has 1 heterocycles. The summed E-state index contributed by atoms with van der Waals surface area (Å²) in [6.45, 7) is 0.342. The van der Waals surface area contributed by atoms with E-state index < -0.39 is 0 Å². The van der Waals surface area contributed by atoms with Crippen LogP contribution < -0.4 is 16.6 Å². The third-order valence-corrected chi connectivity index (χ3v) is 4.45. The van der Waals surface area contributed by atoms with Gasteiger partial charge in [0, 0.05) is 25.0 Å². The van der Waals surface area contributed by atoms with E-state index in [4.69, 9.17) is 5.73 Å². The molecule has 1 aromatic heterocycles. The topological polar surface area (TPSA) is 90.0 Å². The van der Waals surface area contributed by atoms with E-state index in [-0.39, 0.29) is 30.0 Å². The zero-order valence-electron chi connectivity index (χ0n) is 13.1. The summed E-state index contributed by atoms with van der Waals surface area (Å²) >= 11 is 0. The van der Waals surface area contributed by atoms with Crippen molar-refractivity contribution in [2.75, 3.05) is 0 Å². The van der Waals surface area contributed by atoms with E-state index in [9.17, 15) is 9.59 Å². The first-order valence-corrected chi connectivity index (χ1v) is 8.12. The Bertz CT molecular complexity index is 748. The number of carbonyl (C=O) groups excluding carboxylic acids is 1. The van der Waals surface area contributed by atoms with Crippen LogP contribution in [0.25, 0.3) is 10.9 Å². The molecular formula is C17H22N4O2. The first-order valence-electron chi connectivity index (χ1n) is 8.12.